The molecule has 1 aliphatic rings. The second kappa shape index (κ2) is 10.9. The van der Waals surface area contributed by atoms with E-state index in [0.29, 0.717) is 25.3 Å². The first kappa shape index (κ1) is 19.6. The van der Waals surface area contributed by atoms with Gasteiger partial charge in [-0.15, -0.1) is 0 Å². The van der Waals surface area contributed by atoms with Gasteiger partial charge in [0.1, 0.15) is 11.5 Å². The summed E-state index contributed by atoms with van der Waals surface area (Å²) in [5.74, 6) is 1.55. The normalized spacial score (nSPS) is 20.1. The number of hydrogen-bond acceptors (Lipinski definition) is 6. The third-order valence-corrected chi connectivity index (χ3v) is 4.42. The molecule has 2 aromatic carbocycles. The lowest BCUT2D eigenvalue weighted by Gasteiger charge is -2.18. The predicted octanol–water partition coefficient (Wildman–Crippen LogP) is 1.64. The Morgan fingerprint density at radius 3 is 2.00 bits per heavy atom. The van der Waals surface area contributed by atoms with Gasteiger partial charge in [0.2, 0.25) is 6.29 Å². The average molecular weight is 371 g/mol. The van der Waals surface area contributed by atoms with Crippen molar-refractivity contribution in [1.29, 1.82) is 0 Å². The topological polar surface area (TPSA) is 74.8 Å². The predicted molar refractivity (Wildman–Crippen MR) is 106 cm³/mol. The van der Waals surface area contributed by atoms with Crippen molar-refractivity contribution in [3.8, 4) is 11.5 Å². The molecule has 0 aromatic heterocycles. The minimum absolute atomic E-state index is 0.389. The first-order valence-electron chi connectivity index (χ1n) is 9.58. The van der Waals surface area contributed by atoms with Gasteiger partial charge in [-0.1, -0.05) is 36.4 Å². The molecule has 0 saturated carbocycles. The standard InChI is InChI=1S/C21H29N3O3/c25-21-9-14-26-19-7-3-1-5-17(19)15-23-12-10-22-11-13-24-16-18-6-2-4-8-20(18)27-21/h1-8,21-25H,9-16H2. The van der Waals surface area contributed by atoms with E-state index in [2.05, 4.69) is 22.0 Å². The molecule has 0 saturated heterocycles. The summed E-state index contributed by atoms with van der Waals surface area (Å²) >= 11 is 0. The van der Waals surface area contributed by atoms with Crippen molar-refractivity contribution in [2.45, 2.75) is 25.8 Å². The highest BCUT2D eigenvalue weighted by Crippen LogP contribution is 2.21. The largest absolute Gasteiger partial charge is 0.493 e. The quantitative estimate of drug-likeness (QED) is 0.564. The second-order valence-electron chi connectivity index (χ2n) is 6.53. The molecule has 3 rings (SSSR count). The Kier molecular flexibility index (Phi) is 7.92. The van der Waals surface area contributed by atoms with Crippen LogP contribution in [0.25, 0.3) is 0 Å². The third kappa shape index (κ3) is 6.52. The smallest absolute Gasteiger partial charge is 0.200 e. The second-order valence-corrected chi connectivity index (χ2v) is 6.53. The zero-order valence-corrected chi connectivity index (χ0v) is 15.6. The Bertz CT molecular complexity index is 696. The summed E-state index contributed by atoms with van der Waals surface area (Å²) in [5, 5.41) is 20.5. The molecule has 0 radical (unpaired) electrons. The van der Waals surface area contributed by atoms with Crippen LogP contribution in [-0.4, -0.2) is 44.2 Å². The average Bonchev–Trinajstić information content (AvgIpc) is 2.68. The molecular weight excluding hydrogens is 342 g/mol. The molecule has 0 amide bonds. The minimum Gasteiger partial charge on any atom is -0.493 e. The zero-order chi connectivity index (χ0) is 18.7. The van der Waals surface area contributed by atoms with E-state index >= 15 is 0 Å². The van der Waals surface area contributed by atoms with Gasteiger partial charge in [-0.3, -0.25) is 0 Å². The third-order valence-electron chi connectivity index (χ3n) is 4.42. The molecule has 2 aromatic rings. The number of ether oxygens (including phenoxy) is 2. The Hall–Kier alpha value is -2.12. The zero-order valence-electron chi connectivity index (χ0n) is 15.6. The van der Waals surface area contributed by atoms with E-state index in [1.807, 2.05) is 42.5 Å². The highest BCUT2D eigenvalue weighted by molar-refractivity contribution is 5.34. The number of rotatable bonds is 0. The lowest BCUT2D eigenvalue weighted by Crippen LogP contribution is -2.32. The van der Waals surface area contributed by atoms with Crippen LogP contribution in [0.4, 0.5) is 0 Å². The highest BCUT2D eigenvalue weighted by atomic mass is 16.6. The van der Waals surface area contributed by atoms with Crippen LogP contribution in [-0.2, 0) is 13.1 Å². The number of aliphatic hydroxyl groups is 1. The molecule has 4 N–H and O–H groups in total. The van der Waals surface area contributed by atoms with E-state index in [0.717, 1.165) is 49.6 Å². The first-order valence-corrected chi connectivity index (χ1v) is 9.58. The number of para-hydroxylation sites is 2. The van der Waals surface area contributed by atoms with Crippen molar-refractivity contribution >= 4 is 0 Å². The fourth-order valence-corrected chi connectivity index (χ4v) is 2.96. The van der Waals surface area contributed by atoms with Gasteiger partial charge in [-0.05, 0) is 12.1 Å². The molecule has 1 unspecified atom stereocenters. The molecule has 0 fully saturated rings. The first-order chi connectivity index (χ1) is 13.3. The molecule has 6 heteroatoms. The maximum atomic E-state index is 10.3. The summed E-state index contributed by atoms with van der Waals surface area (Å²) in [4.78, 5) is 0. The summed E-state index contributed by atoms with van der Waals surface area (Å²) in [6.07, 6.45) is -0.509. The van der Waals surface area contributed by atoms with Crippen LogP contribution in [0.15, 0.2) is 48.5 Å². The maximum Gasteiger partial charge on any atom is 0.200 e. The SMILES string of the molecule is OC1CCOc2ccccc2CNCCNCCNCc2ccccc2O1. The molecule has 0 bridgehead atoms. The molecule has 0 aliphatic carbocycles. The summed E-state index contributed by atoms with van der Waals surface area (Å²) in [6.45, 7) is 5.41. The van der Waals surface area contributed by atoms with Gasteiger partial charge in [0.05, 0.1) is 6.61 Å². The molecule has 27 heavy (non-hydrogen) atoms. The molecule has 6 nitrogen and oxygen atoms in total. The number of nitrogens with one attached hydrogen (secondary N) is 3. The van der Waals surface area contributed by atoms with E-state index < -0.39 is 6.29 Å². The molecule has 1 atom stereocenters. The van der Waals surface area contributed by atoms with Crippen molar-refractivity contribution in [3.63, 3.8) is 0 Å². The van der Waals surface area contributed by atoms with Crippen molar-refractivity contribution in [3.05, 3.63) is 59.7 Å². The molecule has 1 heterocycles. The van der Waals surface area contributed by atoms with Crippen LogP contribution >= 0.6 is 0 Å². The maximum absolute atomic E-state index is 10.3. The van der Waals surface area contributed by atoms with Gasteiger partial charge in [-0.25, -0.2) is 0 Å². The van der Waals surface area contributed by atoms with Gasteiger partial charge in [-0.2, -0.15) is 0 Å². The summed E-state index contributed by atoms with van der Waals surface area (Å²) in [7, 11) is 0. The number of aliphatic hydroxyl groups excluding tert-OH is 1. The van der Waals surface area contributed by atoms with Gasteiger partial charge in [0.15, 0.2) is 0 Å². The van der Waals surface area contributed by atoms with Crippen molar-refractivity contribution in [2.75, 3.05) is 32.8 Å². The molecule has 146 valence electrons. The Morgan fingerprint density at radius 1 is 0.741 bits per heavy atom. The van der Waals surface area contributed by atoms with Crippen LogP contribution in [0.5, 0.6) is 11.5 Å². The lowest BCUT2D eigenvalue weighted by molar-refractivity contribution is -0.0314. The van der Waals surface area contributed by atoms with Crippen LogP contribution < -0.4 is 25.4 Å². The number of benzene rings is 2. The van der Waals surface area contributed by atoms with Gasteiger partial charge < -0.3 is 30.5 Å². The fourth-order valence-electron chi connectivity index (χ4n) is 2.96. The molecule has 1 aliphatic heterocycles. The minimum atomic E-state index is -0.906. The number of hydrogen-bond donors (Lipinski definition) is 4. The van der Waals surface area contributed by atoms with E-state index in [1.165, 1.54) is 0 Å². The summed E-state index contributed by atoms with van der Waals surface area (Å²) in [6, 6.07) is 15.8. The van der Waals surface area contributed by atoms with Crippen molar-refractivity contribution in [2.24, 2.45) is 0 Å². The van der Waals surface area contributed by atoms with Crippen molar-refractivity contribution in [1.82, 2.24) is 16.0 Å². The molecule has 0 spiro atoms. The van der Waals surface area contributed by atoms with Gasteiger partial charge in [0.25, 0.3) is 0 Å². The van der Waals surface area contributed by atoms with E-state index in [1.54, 1.807) is 0 Å². The lowest BCUT2D eigenvalue weighted by atomic mass is 10.2. The Labute approximate surface area is 160 Å². The Balaban J connectivity index is 1.65. The van der Waals surface area contributed by atoms with E-state index in [-0.39, 0.29) is 0 Å². The van der Waals surface area contributed by atoms with E-state index in [4.69, 9.17) is 9.47 Å². The van der Waals surface area contributed by atoms with Crippen LogP contribution in [0, 0.1) is 0 Å². The van der Waals surface area contributed by atoms with Crippen LogP contribution in [0.3, 0.4) is 0 Å². The van der Waals surface area contributed by atoms with Gasteiger partial charge >= 0.3 is 0 Å². The van der Waals surface area contributed by atoms with Crippen LogP contribution in [0.2, 0.25) is 0 Å². The highest BCUT2D eigenvalue weighted by Gasteiger charge is 2.11. The van der Waals surface area contributed by atoms with Crippen molar-refractivity contribution < 1.29 is 14.6 Å². The molecular formula is C21H29N3O3. The van der Waals surface area contributed by atoms with Crippen LogP contribution in [0.1, 0.15) is 17.5 Å². The summed E-state index contributed by atoms with van der Waals surface area (Å²) < 4.78 is 11.6. The van der Waals surface area contributed by atoms with Gasteiger partial charge in [0, 0.05) is 56.8 Å². The number of fused-ring (bicyclic) bond motifs is 2. The summed E-state index contributed by atoms with van der Waals surface area (Å²) in [5.41, 5.74) is 2.15. The Morgan fingerprint density at radius 2 is 1.30 bits per heavy atom. The van der Waals surface area contributed by atoms with E-state index in [9.17, 15) is 5.11 Å². The fraction of sp³-hybridized carbons (Fsp3) is 0.429. The monoisotopic (exact) mass is 371 g/mol.